The number of rotatable bonds is 12. The number of ether oxygens (including phenoxy) is 1. The Morgan fingerprint density at radius 3 is 2.28 bits per heavy atom. The van der Waals surface area contributed by atoms with Gasteiger partial charge < -0.3 is 20.7 Å². The first-order valence-electron chi connectivity index (χ1n) is 19.8. The van der Waals surface area contributed by atoms with E-state index >= 15 is 0 Å². The zero-order chi connectivity index (χ0) is 42.6. The van der Waals surface area contributed by atoms with Crippen LogP contribution in [0.3, 0.4) is 0 Å². The van der Waals surface area contributed by atoms with Crippen LogP contribution in [0.15, 0.2) is 105 Å². The number of pyridine rings is 1. The molecule has 1 amide bonds. The monoisotopic (exact) mass is 788 g/mol. The maximum Gasteiger partial charge on any atom is 0.293 e. The van der Waals surface area contributed by atoms with Crippen LogP contribution in [-0.2, 0) is 16.6 Å². The third-order valence-electron chi connectivity index (χ3n) is 10.4. The number of anilines is 1. The van der Waals surface area contributed by atoms with Crippen LogP contribution >= 0.6 is 0 Å². The highest BCUT2D eigenvalue weighted by Crippen LogP contribution is 2.35. The fourth-order valence-electron chi connectivity index (χ4n) is 6.85. The SMILES string of the molecule is CC(C)(C)OC=O.CCC(C)/C(=C\C(=C(/C)C(N)=NC=NC)c1ccc(NC(=O)c2cc(-c3cnn(C)c3)c(C)n(-c3ccccc3)c2=O)cc1)C1CCN(C)CC1. The van der Waals surface area contributed by atoms with E-state index in [1.54, 1.807) is 28.6 Å². The van der Waals surface area contributed by atoms with E-state index in [4.69, 9.17) is 5.73 Å². The number of allylic oxidation sites excluding steroid dienone is 3. The number of piperidine rings is 1. The molecule has 12 nitrogen and oxygen atoms in total. The molecule has 1 unspecified atom stereocenters. The van der Waals surface area contributed by atoms with Crippen LogP contribution in [0, 0.1) is 18.8 Å². The Labute approximate surface area is 343 Å². The van der Waals surface area contributed by atoms with Gasteiger partial charge in [0.2, 0.25) is 0 Å². The third-order valence-corrected chi connectivity index (χ3v) is 10.4. The first-order valence-corrected chi connectivity index (χ1v) is 19.8. The van der Waals surface area contributed by atoms with E-state index in [1.807, 2.05) is 102 Å². The van der Waals surface area contributed by atoms with Gasteiger partial charge in [0.15, 0.2) is 0 Å². The highest BCUT2D eigenvalue weighted by molar-refractivity contribution is 6.08. The minimum Gasteiger partial charge on any atom is -0.462 e. The Kier molecular flexibility index (Phi) is 15.9. The Morgan fingerprint density at radius 1 is 1.09 bits per heavy atom. The molecule has 0 spiro atoms. The average molecular weight is 789 g/mol. The lowest BCUT2D eigenvalue weighted by Crippen LogP contribution is -2.32. The lowest BCUT2D eigenvalue weighted by atomic mass is 9.79. The van der Waals surface area contributed by atoms with Crippen LogP contribution in [0.5, 0.6) is 0 Å². The number of likely N-dealkylation sites (tertiary alicyclic amines) is 1. The molecule has 12 heteroatoms. The minimum absolute atomic E-state index is 0.0321. The van der Waals surface area contributed by atoms with Crippen LogP contribution in [0.1, 0.15) is 82.4 Å². The number of nitrogens with one attached hydrogen (secondary N) is 1. The number of benzene rings is 2. The Morgan fingerprint density at radius 2 is 1.74 bits per heavy atom. The molecule has 3 N–H and O–H groups in total. The lowest BCUT2D eigenvalue weighted by molar-refractivity contribution is -0.138. The molecule has 0 aliphatic carbocycles. The summed E-state index contributed by atoms with van der Waals surface area (Å²) in [6, 6.07) is 18.7. The highest BCUT2D eigenvalue weighted by Gasteiger charge is 2.25. The third kappa shape index (κ3) is 11.8. The Bertz CT molecular complexity index is 2200. The van der Waals surface area contributed by atoms with Crippen LogP contribution in [0.4, 0.5) is 5.69 Å². The summed E-state index contributed by atoms with van der Waals surface area (Å²) >= 11 is 0. The van der Waals surface area contributed by atoms with E-state index in [0.29, 0.717) is 41.2 Å². The maximum absolute atomic E-state index is 13.9. The lowest BCUT2D eigenvalue weighted by Gasteiger charge is -2.33. The van der Waals surface area contributed by atoms with Crippen LogP contribution in [0.25, 0.3) is 22.4 Å². The molecule has 1 atom stereocenters. The van der Waals surface area contributed by atoms with Gasteiger partial charge >= 0.3 is 0 Å². The molecule has 0 radical (unpaired) electrons. The number of nitrogens with zero attached hydrogens (tertiary/aromatic N) is 6. The predicted octanol–water partition coefficient (Wildman–Crippen LogP) is 7.86. The summed E-state index contributed by atoms with van der Waals surface area (Å²) in [6.07, 6.45) is 10.6. The highest BCUT2D eigenvalue weighted by atomic mass is 16.5. The van der Waals surface area contributed by atoms with Crippen LogP contribution < -0.4 is 16.6 Å². The number of carbonyl (C=O) groups is 2. The first-order chi connectivity index (χ1) is 27.6. The van der Waals surface area contributed by atoms with Gasteiger partial charge in [-0.2, -0.15) is 5.10 Å². The molecule has 308 valence electrons. The second-order valence-electron chi connectivity index (χ2n) is 15.8. The summed E-state index contributed by atoms with van der Waals surface area (Å²) in [6.45, 7) is 16.5. The summed E-state index contributed by atoms with van der Waals surface area (Å²) in [5.74, 6) is 0.792. The fraction of sp³-hybridized carbons (Fsp3) is 0.391. The summed E-state index contributed by atoms with van der Waals surface area (Å²) in [7, 11) is 5.68. The molecule has 3 heterocycles. The van der Waals surface area contributed by atoms with Crippen molar-refractivity contribution in [2.24, 2.45) is 34.6 Å². The van der Waals surface area contributed by atoms with Gasteiger partial charge in [-0.25, -0.2) is 4.99 Å². The molecule has 4 aromatic rings. The molecule has 1 aliphatic heterocycles. The Balaban J connectivity index is 0.000000973. The number of hydrogen-bond donors (Lipinski definition) is 2. The molecule has 2 aromatic heterocycles. The standard InChI is InChI=1S/C41H50N8O2.C5H10O2/c1-8-27(2)35(31-18-20-47(6)21-19-31)22-36(28(3)39(42)44-26-43-5)30-14-16-33(17-15-30)46-40(50)38-23-37(32-24-45-48(7)25-32)29(4)49(41(38)51)34-12-10-9-11-13-34;1-5(2,3)7-4-6/h9-17,22-27,31H,8,18-21H2,1-7H3,(H,46,50)(H2,42,43,44);4H,1-3H3/b35-22+,36-28-;. The van der Waals surface area contributed by atoms with Gasteiger partial charge in [0.05, 0.1) is 6.20 Å². The second-order valence-corrected chi connectivity index (χ2v) is 15.8. The van der Waals surface area contributed by atoms with Gasteiger partial charge in [-0.3, -0.25) is 28.6 Å². The maximum atomic E-state index is 13.9. The summed E-state index contributed by atoms with van der Waals surface area (Å²) < 4.78 is 7.83. The smallest absolute Gasteiger partial charge is 0.293 e. The molecule has 0 bridgehead atoms. The molecule has 1 saturated heterocycles. The number of nitrogens with two attached hydrogens (primary N) is 1. The van der Waals surface area contributed by atoms with E-state index in [1.165, 1.54) is 11.9 Å². The number of para-hydroxylation sites is 1. The fourth-order valence-corrected chi connectivity index (χ4v) is 6.85. The van der Waals surface area contributed by atoms with Gasteiger partial charge in [-0.1, -0.05) is 55.8 Å². The van der Waals surface area contributed by atoms with Crippen molar-refractivity contribution in [1.82, 2.24) is 19.2 Å². The topological polar surface area (TPSA) is 149 Å². The van der Waals surface area contributed by atoms with Gasteiger partial charge in [0, 0.05) is 48.5 Å². The number of carbonyl (C=O) groups excluding carboxylic acids is 2. The van der Waals surface area contributed by atoms with Gasteiger partial charge in [0.1, 0.15) is 23.3 Å². The van der Waals surface area contributed by atoms with Crippen molar-refractivity contribution in [2.75, 3.05) is 32.5 Å². The molecule has 1 fully saturated rings. The minimum atomic E-state index is -0.494. The zero-order valence-corrected chi connectivity index (χ0v) is 35.7. The largest absolute Gasteiger partial charge is 0.462 e. The van der Waals surface area contributed by atoms with Crippen LogP contribution in [-0.4, -0.2) is 76.6 Å². The number of aryl methyl sites for hydroxylation is 1. The van der Waals surface area contributed by atoms with Crippen molar-refractivity contribution in [2.45, 2.75) is 73.3 Å². The molecular weight excluding hydrogens is 729 g/mol. The average Bonchev–Trinajstić information content (AvgIpc) is 3.63. The Hall–Kier alpha value is -5.88. The zero-order valence-electron chi connectivity index (χ0n) is 35.7. The second kappa shape index (κ2) is 20.5. The van der Waals surface area contributed by atoms with Gasteiger partial charge in [0.25, 0.3) is 17.9 Å². The van der Waals surface area contributed by atoms with Crippen LogP contribution in [0.2, 0.25) is 0 Å². The first kappa shape index (κ1) is 44.8. The van der Waals surface area contributed by atoms with E-state index in [0.717, 1.165) is 60.2 Å². The quantitative estimate of drug-likeness (QED) is 0.0643. The molecule has 5 rings (SSSR count). The number of amidine groups is 1. The summed E-state index contributed by atoms with van der Waals surface area (Å²) in [5, 5.41) is 7.30. The number of aromatic nitrogens is 3. The van der Waals surface area contributed by atoms with Gasteiger partial charge in [-0.15, -0.1) is 0 Å². The van der Waals surface area contributed by atoms with Gasteiger partial charge in [-0.05, 0) is 133 Å². The number of hydrogen-bond acceptors (Lipinski definition) is 7. The van der Waals surface area contributed by atoms with Crippen molar-refractivity contribution in [3.05, 3.63) is 117 Å². The van der Waals surface area contributed by atoms with E-state index in [2.05, 4.69) is 57.0 Å². The van der Waals surface area contributed by atoms with E-state index in [9.17, 15) is 14.4 Å². The summed E-state index contributed by atoms with van der Waals surface area (Å²) in [5.41, 5.74) is 13.5. The van der Waals surface area contributed by atoms with E-state index < -0.39 is 11.5 Å². The molecule has 1 aliphatic rings. The molecule has 2 aromatic carbocycles. The molecule has 0 saturated carbocycles. The summed E-state index contributed by atoms with van der Waals surface area (Å²) in [4.78, 5) is 48.2. The predicted molar refractivity (Wildman–Crippen MR) is 237 cm³/mol. The van der Waals surface area contributed by atoms with Crippen molar-refractivity contribution in [3.63, 3.8) is 0 Å². The van der Waals surface area contributed by atoms with Crippen molar-refractivity contribution < 1.29 is 14.3 Å². The number of aliphatic imine (C=N–C) groups is 2. The molecular formula is C46H60N8O4. The van der Waals surface area contributed by atoms with Crippen molar-refractivity contribution in [1.29, 1.82) is 0 Å². The van der Waals surface area contributed by atoms with E-state index in [-0.39, 0.29) is 11.2 Å². The number of amides is 1. The van der Waals surface area contributed by atoms with Crippen molar-refractivity contribution in [3.8, 4) is 16.8 Å². The molecule has 58 heavy (non-hydrogen) atoms. The normalized spacial score (nSPS) is 15.3. The van der Waals surface area contributed by atoms with Crippen molar-refractivity contribution >= 4 is 35.8 Å².